The van der Waals surface area contributed by atoms with E-state index in [0.717, 1.165) is 22.6 Å². The predicted octanol–water partition coefficient (Wildman–Crippen LogP) is 18.5. The molecule has 14 rings (SSSR count). The normalized spacial score (nSPS) is 12.8. The molecule has 69 heavy (non-hydrogen) atoms. The van der Waals surface area contributed by atoms with Crippen LogP contribution in [0.5, 0.6) is 0 Å². The third-order valence-electron chi connectivity index (χ3n) is 14.7. The molecule has 11 aromatic carbocycles. The molecule has 1 nitrogen and oxygen atoms in total. The molecule has 322 valence electrons. The molecule has 0 atom stereocenters. The number of thiophene rings is 1. The molecule has 0 aliphatic heterocycles. The summed E-state index contributed by atoms with van der Waals surface area (Å²) in [6.45, 7) is 0. The van der Waals surface area contributed by atoms with Gasteiger partial charge in [-0.25, -0.2) is 0 Å². The molecule has 2 aliphatic carbocycles. The number of fused-ring (bicyclic) bond motifs is 13. The number of benzene rings is 11. The van der Waals surface area contributed by atoms with Crippen LogP contribution in [0.1, 0.15) is 22.3 Å². The van der Waals surface area contributed by atoms with Crippen molar-refractivity contribution in [1.29, 1.82) is 0 Å². The fourth-order valence-corrected chi connectivity index (χ4v) is 13.1. The second-order valence-electron chi connectivity index (χ2n) is 18.2. The van der Waals surface area contributed by atoms with E-state index in [1.54, 1.807) is 0 Å². The minimum absolute atomic E-state index is 0.472. The van der Waals surface area contributed by atoms with Gasteiger partial charge >= 0.3 is 0 Å². The molecule has 0 amide bonds. The fourth-order valence-electron chi connectivity index (χ4n) is 12.0. The van der Waals surface area contributed by atoms with Gasteiger partial charge in [0.1, 0.15) is 0 Å². The van der Waals surface area contributed by atoms with E-state index in [4.69, 9.17) is 0 Å². The van der Waals surface area contributed by atoms with Gasteiger partial charge < -0.3 is 4.90 Å². The maximum absolute atomic E-state index is 2.54. The summed E-state index contributed by atoms with van der Waals surface area (Å²) in [7, 11) is 0. The standard InChI is InChI=1S/C67H43NS/c1-2-20-44(21-3-1)47-22-4-5-23-49(47)50-24-6-7-25-51(50)54-28-11-16-36-61(54)68(46-42-40-45(41-43-46)48-31-18-39-64-65(48)56-30-12-17-38-63(56)69-64)62-37-19-35-60-66(62)55-29-10-15-34-59(55)67(60)57-32-13-8-26-52(57)53-27-9-14-33-58(53)67/h1-43H. The molecule has 2 heteroatoms. The summed E-state index contributed by atoms with van der Waals surface area (Å²) in [6.07, 6.45) is 0. The van der Waals surface area contributed by atoms with E-state index in [0.29, 0.717) is 0 Å². The maximum Gasteiger partial charge on any atom is 0.0726 e. The highest BCUT2D eigenvalue weighted by Crippen LogP contribution is 2.65. The van der Waals surface area contributed by atoms with Crippen molar-refractivity contribution in [2.24, 2.45) is 0 Å². The summed E-state index contributed by atoms with van der Waals surface area (Å²) in [5, 5.41) is 2.63. The van der Waals surface area contributed by atoms with Crippen LogP contribution in [-0.2, 0) is 5.41 Å². The minimum atomic E-state index is -0.472. The first-order chi connectivity index (χ1) is 34.3. The first kappa shape index (κ1) is 39.6. The third-order valence-corrected chi connectivity index (χ3v) is 15.9. The number of hydrogen-bond donors (Lipinski definition) is 0. The smallest absolute Gasteiger partial charge is 0.0726 e. The number of rotatable bonds is 7. The van der Waals surface area contributed by atoms with Crippen LogP contribution in [0.3, 0.4) is 0 Å². The first-order valence-corrected chi connectivity index (χ1v) is 24.7. The number of para-hydroxylation sites is 1. The lowest BCUT2D eigenvalue weighted by molar-refractivity contribution is 0.794. The first-order valence-electron chi connectivity index (χ1n) is 23.8. The zero-order valence-electron chi connectivity index (χ0n) is 37.7. The van der Waals surface area contributed by atoms with Crippen LogP contribution in [0, 0.1) is 0 Å². The van der Waals surface area contributed by atoms with Gasteiger partial charge in [0.15, 0.2) is 0 Å². The topological polar surface area (TPSA) is 3.24 Å². The number of hydrogen-bond acceptors (Lipinski definition) is 2. The lowest BCUT2D eigenvalue weighted by atomic mass is 9.70. The Morgan fingerprint density at radius 3 is 1.43 bits per heavy atom. The summed E-state index contributed by atoms with van der Waals surface area (Å²) < 4.78 is 2.62. The lowest BCUT2D eigenvalue weighted by Crippen LogP contribution is -2.26. The Morgan fingerprint density at radius 2 is 0.725 bits per heavy atom. The summed E-state index contributed by atoms with van der Waals surface area (Å²) >= 11 is 1.87. The van der Waals surface area contributed by atoms with E-state index >= 15 is 0 Å². The molecule has 0 N–H and O–H groups in total. The van der Waals surface area contributed by atoms with Gasteiger partial charge in [-0.3, -0.25) is 0 Å². The maximum atomic E-state index is 2.54. The SMILES string of the molecule is c1ccc(-c2ccccc2-c2ccccc2-c2ccccc2N(c2ccc(-c3cccc4sc5ccccc5c34)cc2)c2cccc3c2-c2ccccc2C32c3ccccc3-c3ccccc32)cc1. The van der Waals surface area contributed by atoms with Crippen molar-refractivity contribution in [1.82, 2.24) is 0 Å². The van der Waals surface area contributed by atoms with Crippen molar-refractivity contribution >= 4 is 48.6 Å². The molecular formula is C67H43NS. The fraction of sp³-hybridized carbons (Fsp3) is 0.0149. The van der Waals surface area contributed by atoms with Crippen molar-refractivity contribution in [3.63, 3.8) is 0 Å². The van der Waals surface area contributed by atoms with Gasteiger partial charge in [-0.1, -0.05) is 224 Å². The Labute approximate surface area is 406 Å². The molecule has 1 spiro atoms. The van der Waals surface area contributed by atoms with Crippen molar-refractivity contribution < 1.29 is 0 Å². The molecule has 0 saturated carbocycles. The van der Waals surface area contributed by atoms with E-state index in [9.17, 15) is 0 Å². The second kappa shape index (κ2) is 15.8. The monoisotopic (exact) mass is 893 g/mol. The highest BCUT2D eigenvalue weighted by Gasteiger charge is 2.52. The van der Waals surface area contributed by atoms with Gasteiger partial charge in [-0.05, 0) is 114 Å². The van der Waals surface area contributed by atoms with Crippen LogP contribution in [-0.4, -0.2) is 0 Å². The molecule has 0 bridgehead atoms. The zero-order valence-corrected chi connectivity index (χ0v) is 38.5. The van der Waals surface area contributed by atoms with Gasteiger partial charge in [-0.2, -0.15) is 0 Å². The van der Waals surface area contributed by atoms with E-state index in [1.165, 1.54) is 104 Å². The Hall–Kier alpha value is -8.56. The average Bonchev–Trinajstić information content (AvgIpc) is 4.06. The molecule has 2 aliphatic rings. The molecular weight excluding hydrogens is 851 g/mol. The summed E-state index contributed by atoms with van der Waals surface area (Å²) in [4.78, 5) is 2.54. The lowest BCUT2D eigenvalue weighted by Gasteiger charge is -2.32. The van der Waals surface area contributed by atoms with Crippen LogP contribution in [0.25, 0.3) is 86.9 Å². The summed E-state index contributed by atoms with van der Waals surface area (Å²) in [5.41, 5.74) is 22.9. The van der Waals surface area contributed by atoms with Crippen molar-refractivity contribution in [2.45, 2.75) is 5.41 Å². The zero-order chi connectivity index (χ0) is 45.5. The van der Waals surface area contributed by atoms with Gasteiger partial charge in [0, 0.05) is 37.0 Å². The largest absolute Gasteiger partial charge is 0.309 e. The van der Waals surface area contributed by atoms with Crippen molar-refractivity contribution in [2.75, 3.05) is 4.90 Å². The van der Waals surface area contributed by atoms with Crippen LogP contribution in [0.4, 0.5) is 17.1 Å². The molecule has 0 fully saturated rings. The number of anilines is 3. The van der Waals surface area contributed by atoms with Gasteiger partial charge in [0.2, 0.25) is 0 Å². The average molecular weight is 894 g/mol. The van der Waals surface area contributed by atoms with Gasteiger partial charge in [0.05, 0.1) is 16.8 Å². The second-order valence-corrected chi connectivity index (χ2v) is 19.3. The van der Waals surface area contributed by atoms with Crippen molar-refractivity contribution in [3.8, 4) is 66.8 Å². The van der Waals surface area contributed by atoms with Crippen molar-refractivity contribution in [3.05, 3.63) is 283 Å². The summed E-state index contributed by atoms with van der Waals surface area (Å²) in [6, 6.07) is 96.8. The van der Waals surface area contributed by atoms with E-state index < -0.39 is 5.41 Å². The van der Waals surface area contributed by atoms with Crippen LogP contribution < -0.4 is 4.90 Å². The molecule has 12 aromatic rings. The Balaban J connectivity index is 1.02. The van der Waals surface area contributed by atoms with Gasteiger partial charge in [0.25, 0.3) is 0 Å². The Kier molecular flexibility index (Phi) is 9.05. The minimum Gasteiger partial charge on any atom is -0.309 e. The van der Waals surface area contributed by atoms with Crippen LogP contribution >= 0.6 is 11.3 Å². The highest BCUT2D eigenvalue weighted by molar-refractivity contribution is 7.25. The van der Waals surface area contributed by atoms with Crippen LogP contribution in [0.15, 0.2) is 261 Å². The van der Waals surface area contributed by atoms with E-state index in [2.05, 4.69) is 266 Å². The molecule has 0 saturated heterocycles. The predicted molar refractivity (Wildman–Crippen MR) is 292 cm³/mol. The molecule has 1 heterocycles. The van der Waals surface area contributed by atoms with E-state index in [1.807, 2.05) is 11.3 Å². The van der Waals surface area contributed by atoms with Crippen LogP contribution in [0.2, 0.25) is 0 Å². The molecule has 1 aromatic heterocycles. The Bertz CT molecular complexity index is 3930. The highest BCUT2D eigenvalue weighted by atomic mass is 32.1. The summed E-state index contributed by atoms with van der Waals surface area (Å²) in [5.74, 6) is 0. The third kappa shape index (κ3) is 5.89. The van der Waals surface area contributed by atoms with E-state index in [-0.39, 0.29) is 0 Å². The van der Waals surface area contributed by atoms with Gasteiger partial charge in [-0.15, -0.1) is 11.3 Å². The Morgan fingerprint density at radius 1 is 0.275 bits per heavy atom. The number of nitrogens with zero attached hydrogens (tertiary/aromatic N) is 1. The molecule has 0 unspecified atom stereocenters. The molecule has 0 radical (unpaired) electrons. The quantitative estimate of drug-likeness (QED) is 0.154.